The number of thiophene rings is 1. The Labute approximate surface area is 197 Å². The van der Waals surface area contributed by atoms with E-state index in [1.54, 1.807) is 30.5 Å². The van der Waals surface area contributed by atoms with Gasteiger partial charge in [-0.15, -0.1) is 11.3 Å². The van der Waals surface area contributed by atoms with E-state index in [4.69, 9.17) is 11.6 Å². The lowest BCUT2D eigenvalue weighted by Gasteiger charge is -2.33. The Kier molecular flexibility index (Phi) is 6.35. The quantitative estimate of drug-likeness (QED) is 0.463. The molecule has 32 heavy (non-hydrogen) atoms. The molecule has 3 aromatic rings. The van der Waals surface area contributed by atoms with Crippen LogP contribution in [0, 0.1) is 11.3 Å². The number of amides is 2. The van der Waals surface area contributed by atoms with Gasteiger partial charge in [0.2, 0.25) is 0 Å². The maximum atomic E-state index is 13.4. The minimum absolute atomic E-state index is 0.181. The molecule has 0 radical (unpaired) electrons. The van der Waals surface area contributed by atoms with Gasteiger partial charge in [0.25, 0.3) is 11.8 Å². The molecule has 1 aliphatic carbocycles. The average molecular weight is 468 g/mol. The Morgan fingerprint density at radius 3 is 2.56 bits per heavy atom. The zero-order chi connectivity index (χ0) is 22.9. The van der Waals surface area contributed by atoms with E-state index in [0.29, 0.717) is 32.8 Å². The zero-order valence-corrected chi connectivity index (χ0v) is 19.9. The van der Waals surface area contributed by atoms with Gasteiger partial charge >= 0.3 is 0 Å². The Balaban J connectivity index is 1.70. The molecule has 0 fully saturated rings. The van der Waals surface area contributed by atoms with Crippen molar-refractivity contribution in [3.05, 3.63) is 75.4 Å². The molecule has 166 valence electrons. The van der Waals surface area contributed by atoms with Crippen LogP contribution in [0.3, 0.4) is 0 Å². The van der Waals surface area contributed by atoms with Crippen LogP contribution in [0.2, 0.25) is 5.02 Å². The molecule has 7 heteroatoms. The Hall–Kier alpha value is -2.70. The third-order valence-corrected chi connectivity index (χ3v) is 7.49. The Morgan fingerprint density at radius 2 is 1.88 bits per heavy atom. The van der Waals surface area contributed by atoms with Gasteiger partial charge in [-0.05, 0) is 60.4 Å². The van der Waals surface area contributed by atoms with E-state index in [9.17, 15) is 9.59 Å². The van der Waals surface area contributed by atoms with E-state index >= 15 is 0 Å². The summed E-state index contributed by atoms with van der Waals surface area (Å²) in [5.41, 5.74) is 2.74. The normalized spacial score (nSPS) is 15.7. The van der Waals surface area contributed by atoms with E-state index in [0.717, 1.165) is 24.8 Å². The maximum absolute atomic E-state index is 13.4. The molecule has 0 bridgehead atoms. The number of benzene rings is 1. The molecule has 0 spiro atoms. The number of nitrogens with one attached hydrogen (secondary N) is 2. The molecule has 1 aliphatic rings. The molecule has 4 rings (SSSR count). The van der Waals surface area contributed by atoms with Crippen LogP contribution < -0.4 is 10.6 Å². The number of halogens is 1. The van der Waals surface area contributed by atoms with Gasteiger partial charge in [-0.25, -0.2) is 0 Å². The lowest BCUT2D eigenvalue weighted by molar-refractivity contribution is 0.102. The lowest BCUT2D eigenvalue weighted by Crippen LogP contribution is -2.27. The zero-order valence-electron chi connectivity index (χ0n) is 18.4. The number of rotatable bonds is 4. The minimum atomic E-state index is -0.282. The minimum Gasteiger partial charge on any atom is -0.321 e. The van der Waals surface area contributed by atoms with Crippen LogP contribution >= 0.6 is 22.9 Å². The number of hydrogen-bond donors (Lipinski definition) is 2. The monoisotopic (exact) mass is 467 g/mol. The van der Waals surface area contributed by atoms with E-state index in [-0.39, 0.29) is 17.2 Å². The summed E-state index contributed by atoms with van der Waals surface area (Å²) in [7, 11) is 0. The second kappa shape index (κ2) is 9.04. The third kappa shape index (κ3) is 4.71. The van der Waals surface area contributed by atoms with E-state index < -0.39 is 0 Å². The van der Waals surface area contributed by atoms with Gasteiger partial charge in [0.1, 0.15) is 5.00 Å². The highest BCUT2D eigenvalue weighted by molar-refractivity contribution is 7.17. The van der Waals surface area contributed by atoms with Crippen molar-refractivity contribution in [2.45, 2.75) is 40.0 Å². The fourth-order valence-electron chi connectivity index (χ4n) is 4.07. The smallest absolute Gasteiger partial charge is 0.258 e. The standard InChI is InChI=1S/C25H26ClN3O2S/c1-25(2,3)16-10-11-17-20(13-16)32-24(29-22(30)15-7-6-12-27-14-15)21(17)23(31)28-19-9-5-4-8-18(19)26/h4-9,12,14,16H,10-11,13H2,1-3H3,(H,28,31)(H,29,30)/t16-/m1/s1. The third-order valence-electron chi connectivity index (χ3n) is 5.99. The number of anilines is 2. The molecular formula is C25H26ClN3O2S. The van der Waals surface area contributed by atoms with Crippen LogP contribution in [0.1, 0.15) is 58.3 Å². The summed E-state index contributed by atoms with van der Waals surface area (Å²) in [6.45, 7) is 6.77. The first-order chi connectivity index (χ1) is 15.2. The van der Waals surface area contributed by atoms with Crippen molar-refractivity contribution < 1.29 is 9.59 Å². The SMILES string of the molecule is CC(C)(C)[C@@H]1CCc2c(sc(NC(=O)c3cccnc3)c2C(=O)Nc2ccccc2Cl)C1. The van der Waals surface area contributed by atoms with Gasteiger partial charge in [0.15, 0.2) is 0 Å². The van der Waals surface area contributed by atoms with Crippen molar-refractivity contribution in [3.63, 3.8) is 0 Å². The summed E-state index contributed by atoms with van der Waals surface area (Å²) < 4.78 is 0. The molecule has 1 aromatic carbocycles. The average Bonchev–Trinajstić information content (AvgIpc) is 3.12. The summed E-state index contributed by atoms with van der Waals surface area (Å²) in [5, 5.41) is 6.94. The van der Waals surface area contributed by atoms with E-state index in [1.165, 1.54) is 22.4 Å². The highest BCUT2D eigenvalue weighted by Gasteiger charge is 2.34. The molecule has 1 atom stereocenters. The predicted molar refractivity (Wildman–Crippen MR) is 131 cm³/mol. The molecular weight excluding hydrogens is 442 g/mol. The summed E-state index contributed by atoms with van der Waals surface area (Å²) in [5.74, 6) is -0.0165. The van der Waals surface area contributed by atoms with Gasteiger partial charge in [-0.3, -0.25) is 14.6 Å². The van der Waals surface area contributed by atoms with Gasteiger partial charge in [0, 0.05) is 17.3 Å². The van der Waals surface area contributed by atoms with Crippen molar-refractivity contribution in [2.75, 3.05) is 10.6 Å². The molecule has 2 N–H and O–H groups in total. The van der Waals surface area contributed by atoms with Crippen molar-refractivity contribution in [1.29, 1.82) is 0 Å². The molecule has 2 aromatic heterocycles. The number of carbonyl (C=O) groups is 2. The van der Waals surface area contributed by atoms with Crippen LogP contribution in [-0.2, 0) is 12.8 Å². The molecule has 0 unspecified atom stereocenters. The summed E-state index contributed by atoms with van der Waals surface area (Å²) in [6, 6.07) is 10.6. The van der Waals surface area contributed by atoms with Gasteiger partial charge in [0.05, 0.1) is 21.8 Å². The van der Waals surface area contributed by atoms with E-state index in [1.807, 2.05) is 12.1 Å². The lowest BCUT2D eigenvalue weighted by atomic mass is 9.72. The fourth-order valence-corrected chi connectivity index (χ4v) is 5.58. The summed E-state index contributed by atoms with van der Waals surface area (Å²) >= 11 is 7.76. The van der Waals surface area contributed by atoms with Crippen LogP contribution in [0.4, 0.5) is 10.7 Å². The number of pyridine rings is 1. The summed E-state index contributed by atoms with van der Waals surface area (Å²) in [4.78, 5) is 31.4. The maximum Gasteiger partial charge on any atom is 0.258 e. The first kappa shape index (κ1) is 22.5. The fraction of sp³-hybridized carbons (Fsp3) is 0.320. The second-order valence-electron chi connectivity index (χ2n) is 9.14. The van der Waals surface area contributed by atoms with Crippen molar-refractivity contribution in [1.82, 2.24) is 4.98 Å². The van der Waals surface area contributed by atoms with Crippen LogP contribution in [-0.4, -0.2) is 16.8 Å². The number of carbonyl (C=O) groups excluding carboxylic acids is 2. The van der Waals surface area contributed by atoms with Crippen molar-refractivity contribution in [3.8, 4) is 0 Å². The van der Waals surface area contributed by atoms with Crippen LogP contribution in [0.25, 0.3) is 0 Å². The predicted octanol–water partition coefficient (Wildman–Crippen LogP) is 6.45. The van der Waals surface area contributed by atoms with Crippen molar-refractivity contribution in [2.24, 2.45) is 11.3 Å². The molecule has 0 saturated carbocycles. The molecule has 0 aliphatic heterocycles. The Morgan fingerprint density at radius 1 is 1.09 bits per heavy atom. The number of nitrogens with zero attached hydrogens (tertiary/aromatic N) is 1. The van der Waals surface area contributed by atoms with Crippen molar-refractivity contribution >= 4 is 45.4 Å². The highest BCUT2D eigenvalue weighted by Crippen LogP contribution is 2.44. The topological polar surface area (TPSA) is 71.1 Å². The number of hydrogen-bond acceptors (Lipinski definition) is 4. The van der Waals surface area contributed by atoms with Gasteiger partial charge in [-0.2, -0.15) is 0 Å². The summed E-state index contributed by atoms with van der Waals surface area (Å²) in [6.07, 6.45) is 5.85. The second-order valence-corrected chi connectivity index (χ2v) is 10.7. The van der Waals surface area contributed by atoms with Crippen LogP contribution in [0.5, 0.6) is 0 Å². The number of fused-ring (bicyclic) bond motifs is 1. The molecule has 2 heterocycles. The Bertz CT molecular complexity index is 1150. The van der Waals surface area contributed by atoms with Gasteiger partial charge < -0.3 is 10.6 Å². The number of para-hydroxylation sites is 1. The molecule has 0 saturated heterocycles. The molecule has 2 amide bonds. The first-order valence-corrected chi connectivity index (χ1v) is 11.8. The van der Waals surface area contributed by atoms with Gasteiger partial charge in [-0.1, -0.05) is 44.5 Å². The largest absolute Gasteiger partial charge is 0.321 e. The first-order valence-electron chi connectivity index (χ1n) is 10.7. The van der Waals surface area contributed by atoms with Crippen LogP contribution in [0.15, 0.2) is 48.8 Å². The molecule has 5 nitrogen and oxygen atoms in total. The number of aromatic nitrogens is 1. The van der Waals surface area contributed by atoms with E-state index in [2.05, 4.69) is 36.4 Å². The highest BCUT2D eigenvalue weighted by atomic mass is 35.5.